The molecule has 3 rings (SSSR count). The van der Waals surface area contributed by atoms with Crippen LogP contribution in [0.5, 0.6) is 0 Å². The maximum atomic E-state index is 4.50. The highest BCUT2D eigenvalue weighted by Gasteiger charge is 2.23. The van der Waals surface area contributed by atoms with Gasteiger partial charge < -0.3 is 9.55 Å². The summed E-state index contributed by atoms with van der Waals surface area (Å²) in [6.07, 6.45) is 6.56. The van der Waals surface area contributed by atoms with Gasteiger partial charge in [0.2, 0.25) is 0 Å². The lowest BCUT2D eigenvalue weighted by Crippen LogP contribution is -2.34. The first-order valence-electron chi connectivity index (χ1n) is 7.06. The molecule has 2 aromatic rings. The summed E-state index contributed by atoms with van der Waals surface area (Å²) in [7, 11) is 2.12. The van der Waals surface area contributed by atoms with Gasteiger partial charge in [0.15, 0.2) is 0 Å². The molecule has 4 heteroatoms. The molecule has 0 unspecified atom stereocenters. The molecule has 1 fully saturated rings. The number of aryl methyl sites for hydroxylation is 2. The van der Waals surface area contributed by atoms with E-state index in [1.54, 1.807) is 0 Å². The van der Waals surface area contributed by atoms with Crippen LogP contribution in [-0.2, 0) is 13.6 Å². The molecular weight excluding hydrogens is 236 g/mol. The van der Waals surface area contributed by atoms with Crippen LogP contribution in [0.1, 0.15) is 36.0 Å². The second-order valence-corrected chi connectivity index (χ2v) is 5.64. The minimum Gasteiger partial charge on any atom is -0.353 e. The molecule has 4 nitrogen and oxygen atoms in total. The number of hydrogen-bond donors (Lipinski definition) is 1. The Morgan fingerprint density at radius 3 is 3.05 bits per heavy atom. The van der Waals surface area contributed by atoms with Crippen LogP contribution in [0.3, 0.4) is 0 Å². The summed E-state index contributed by atoms with van der Waals surface area (Å²) in [5.74, 6) is 1.72. The van der Waals surface area contributed by atoms with Crippen LogP contribution < -0.4 is 0 Å². The lowest BCUT2D eigenvalue weighted by Gasteiger charge is -2.31. The number of likely N-dealkylation sites (tertiary alicyclic amines) is 1. The number of imidazole rings is 1. The van der Waals surface area contributed by atoms with Crippen LogP contribution in [0.2, 0.25) is 0 Å². The highest BCUT2D eigenvalue weighted by molar-refractivity contribution is 5.08. The zero-order chi connectivity index (χ0) is 13.2. The number of hydrogen-bond acceptors (Lipinski definition) is 2. The minimum absolute atomic E-state index is 0.558. The van der Waals surface area contributed by atoms with E-state index in [4.69, 9.17) is 0 Å². The van der Waals surface area contributed by atoms with E-state index < -0.39 is 0 Å². The lowest BCUT2D eigenvalue weighted by atomic mass is 9.97. The van der Waals surface area contributed by atoms with Crippen LogP contribution in [0.4, 0.5) is 0 Å². The number of piperidine rings is 1. The molecular formula is C15H22N4. The standard InChI is InChI=1S/C15H22N4/c1-12-9-16-15(17-12)13-5-3-8-19(10-13)11-14-6-4-7-18(14)2/h4,6-7,9,13H,3,5,8,10-11H2,1-2H3,(H,16,17)/t13-/m0/s1. The van der Waals surface area contributed by atoms with Crippen LogP contribution in [0.25, 0.3) is 0 Å². The first-order valence-corrected chi connectivity index (χ1v) is 7.06. The SMILES string of the molecule is Cc1cnc([C@H]2CCCN(Cc3cccn3C)C2)[nH]1. The average molecular weight is 258 g/mol. The number of aromatic amines is 1. The maximum Gasteiger partial charge on any atom is 0.110 e. The molecule has 102 valence electrons. The van der Waals surface area contributed by atoms with Gasteiger partial charge in [-0.1, -0.05) is 0 Å². The van der Waals surface area contributed by atoms with Crippen LogP contribution in [0, 0.1) is 6.92 Å². The van der Waals surface area contributed by atoms with E-state index in [9.17, 15) is 0 Å². The largest absolute Gasteiger partial charge is 0.353 e. The highest BCUT2D eigenvalue weighted by atomic mass is 15.2. The Labute approximate surface area is 114 Å². The van der Waals surface area contributed by atoms with Gasteiger partial charge in [-0.25, -0.2) is 4.98 Å². The minimum atomic E-state index is 0.558. The monoisotopic (exact) mass is 258 g/mol. The van der Waals surface area contributed by atoms with Gasteiger partial charge in [-0.05, 0) is 38.4 Å². The normalized spacial score (nSPS) is 20.8. The van der Waals surface area contributed by atoms with Crippen molar-refractivity contribution in [3.05, 3.63) is 41.7 Å². The molecule has 1 atom stereocenters. The fourth-order valence-corrected chi connectivity index (χ4v) is 2.95. The Hall–Kier alpha value is -1.55. The molecule has 0 saturated carbocycles. The van der Waals surface area contributed by atoms with Crippen LogP contribution >= 0.6 is 0 Å². The van der Waals surface area contributed by atoms with E-state index >= 15 is 0 Å². The molecule has 0 amide bonds. The molecule has 0 radical (unpaired) electrons. The van der Waals surface area contributed by atoms with Crippen molar-refractivity contribution in [2.45, 2.75) is 32.2 Å². The molecule has 2 aromatic heterocycles. The molecule has 1 aliphatic heterocycles. The molecule has 1 aliphatic rings. The molecule has 0 spiro atoms. The van der Waals surface area contributed by atoms with Gasteiger partial charge in [0.25, 0.3) is 0 Å². The third-order valence-corrected chi connectivity index (χ3v) is 4.05. The zero-order valence-corrected chi connectivity index (χ0v) is 11.8. The predicted octanol–water partition coefficient (Wildman–Crippen LogP) is 2.44. The van der Waals surface area contributed by atoms with Crippen molar-refractivity contribution in [1.29, 1.82) is 0 Å². The van der Waals surface area contributed by atoms with E-state index in [1.807, 2.05) is 6.20 Å². The highest BCUT2D eigenvalue weighted by Crippen LogP contribution is 2.25. The quantitative estimate of drug-likeness (QED) is 0.918. The number of rotatable bonds is 3. The van der Waals surface area contributed by atoms with Crippen molar-refractivity contribution < 1.29 is 0 Å². The van der Waals surface area contributed by atoms with Gasteiger partial charge in [-0.15, -0.1) is 0 Å². The Kier molecular flexibility index (Phi) is 3.42. The maximum absolute atomic E-state index is 4.50. The second-order valence-electron chi connectivity index (χ2n) is 5.64. The summed E-state index contributed by atoms with van der Waals surface area (Å²) in [4.78, 5) is 10.4. The summed E-state index contributed by atoms with van der Waals surface area (Å²) in [6, 6.07) is 4.33. The number of nitrogens with one attached hydrogen (secondary N) is 1. The van der Waals surface area contributed by atoms with E-state index in [-0.39, 0.29) is 0 Å². The predicted molar refractivity (Wildman–Crippen MR) is 76.0 cm³/mol. The Balaban J connectivity index is 1.66. The van der Waals surface area contributed by atoms with Crippen LogP contribution in [0.15, 0.2) is 24.5 Å². The fourth-order valence-electron chi connectivity index (χ4n) is 2.95. The molecule has 3 heterocycles. The van der Waals surface area contributed by atoms with E-state index in [0.717, 1.165) is 24.6 Å². The fraction of sp³-hybridized carbons (Fsp3) is 0.533. The number of H-pyrrole nitrogens is 1. The number of aromatic nitrogens is 3. The molecule has 0 aliphatic carbocycles. The third kappa shape index (κ3) is 2.73. The Morgan fingerprint density at radius 1 is 1.47 bits per heavy atom. The molecule has 1 N–H and O–H groups in total. The van der Waals surface area contributed by atoms with E-state index in [1.165, 1.54) is 25.1 Å². The van der Waals surface area contributed by atoms with Crippen molar-refractivity contribution in [3.63, 3.8) is 0 Å². The van der Waals surface area contributed by atoms with Crippen molar-refractivity contribution in [1.82, 2.24) is 19.4 Å². The summed E-state index contributed by atoms with van der Waals surface area (Å²) in [6.45, 7) is 5.42. The van der Waals surface area contributed by atoms with Gasteiger partial charge in [-0.2, -0.15) is 0 Å². The summed E-state index contributed by atoms with van der Waals surface area (Å²) in [5, 5.41) is 0. The van der Waals surface area contributed by atoms with Gasteiger partial charge in [0.05, 0.1) is 0 Å². The van der Waals surface area contributed by atoms with Gasteiger partial charge >= 0.3 is 0 Å². The van der Waals surface area contributed by atoms with Gasteiger partial charge in [0.1, 0.15) is 5.82 Å². The Bertz CT molecular complexity index is 540. The molecule has 1 saturated heterocycles. The summed E-state index contributed by atoms with van der Waals surface area (Å²) >= 11 is 0. The Morgan fingerprint density at radius 2 is 2.37 bits per heavy atom. The van der Waals surface area contributed by atoms with Crippen molar-refractivity contribution in [3.8, 4) is 0 Å². The first kappa shape index (κ1) is 12.5. The molecule has 0 aromatic carbocycles. The average Bonchev–Trinajstić information content (AvgIpc) is 3.00. The smallest absolute Gasteiger partial charge is 0.110 e. The molecule has 19 heavy (non-hydrogen) atoms. The van der Waals surface area contributed by atoms with Crippen molar-refractivity contribution >= 4 is 0 Å². The van der Waals surface area contributed by atoms with Crippen molar-refractivity contribution in [2.75, 3.05) is 13.1 Å². The van der Waals surface area contributed by atoms with Gasteiger partial charge in [0, 0.05) is 49.8 Å². The zero-order valence-electron chi connectivity index (χ0n) is 11.8. The van der Waals surface area contributed by atoms with Gasteiger partial charge in [-0.3, -0.25) is 4.90 Å². The first-order chi connectivity index (χ1) is 9.22. The van der Waals surface area contributed by atoms with Crippen molar-refractivity contribution in [2.24, 2.45) is 7.05 Å². The summed E-state index contributed by atoms with van der Waals surface area (Å²) in [5.41, 5.74) is 2.55. The molecule has 0 bridgehead atoms. The third-order valence-electron chi connectivity index (χ3n) is 4.05. The second kappa shape index (κ2) is 5.21. The van der Waals surface area contributed by atoms with Crippen LogP contribution in [-0.4, -0.2) is 32.5 Å². The number of nitrogens with zero attached hydrogens (tertiary/aromatic N) is 3. The van der Waals surface area contributed by atoms with E-state index in [2.05, 4.69) is 51.7 Å². The lowest BCUT2D eigenvalue weighted by molar-refractivity contribution is 0.193. The van der Waals surface area contributed by atoms with E-state index in [0.29, 0.717) is 5.92 Å². The summed E-state index contributed by atoms with van der Waals surface area (Å²) < 4.78 is 2.21. The topological polar surface area (TPSA) is 36.9 Å².